The van der Waals surface area contributed by atoms with E-state index in [1.54, 1.807) is 4.90 Å². The molecule has 0 aliphatic heterocycles. The maximum Gasteiger partial charge on any atom is 0.256 e. The molecule has 0 spiro atoms. The molecule has 0 fully saturated rings. The Morgan fingerprint density at radius 1 is 1.50 bits per heavy atom. The predicted octanol–water partition coefficient (Wildman–Crippen LogP) is 0.533. The highest BCUT2D eigenvalue weighted by Crippen LogP contribution is 2.05. The van der Waals surface area contributed by atoms with Crippen molar-refractivity contribution in [2.45, 2.75) is 13.8 Å². The van der Waals surface area contributed by atoms with Crippen molar-refractivity contribution in [3.05, 3.63) is 24.3 Å². The second kappa shape index (κ2) is 6.17. The van der Waals surface area contributed by atoms with Gasteiger partial charge in [0, 0.05) is 25.5 Å². The summed E-state index contributed by atoms with van der Waals surface area (Å²) in [4.78, 5) is 21.5. The quantitative estimate of drug-likeness (QED) is 0.789. The van der Waals surface area contributed by atoms with Crippen LogP contribution in [0.4, 0.5) is 0 Å². The van der Waals surface area contributed by atoms with E-state index in [-0.39, 0.29) is 5.91 Å². The van der Waals surface area contributed by atoms with Gasteiger partial charge in [-0.3, -0.25) is 4.79 Å². The molecule has 1 heterocycles. The van der Waals surface area contributed by atoms with E-state index in [4.69, 9.17) is 5.73 Å². The van der Waals surface area contributed by atoms with Crippen LogP contribution < -0.4 is 5.73 Å². The summed E-state index contributed by atoms with van der Waals surface area (Å²) in [7, 11) is 0. The number of hydrogen-bond acceptors (Lipinski definition) is 4. The Balaban J connectivity index is 2.70. The maximum atomic E-state index is 12.0. The van der Waals surface area contributed by atoms with Gasteiger partial charge in [0.15, 0.2) is 0 Å². The second-order valence-corrected chi connectivity index (χ2v) is 3.81. The minimum atomic E-state index is -0.0385. The summed E-state index contributed by atoms with van der Waals surface area (Å²) in [5.74, 6) is 0.261. The molecule has 1 aromatic heterocycles. The zero-order chi connectivity index (χ0) is 12.0. The molecular weight excluding hydrogens is 204 g/mol. The van der Waals surface area contributed by atoms with Crippen molar-refractivity contribution in [2.75, 3.05) is 19.6 Å². The first kappa shape index (κ1) is 12.6. The van der Waals surface area contributed by atoms with Crippen molar-refractivity contribution in [1.29, 1.82) is 0 Å². The van der Waals surface area contributed by atoms with Gasteiger partial charge < -0.3 is 10.6 Å². The third-order valence-electron chi connectivity index (χ3n) is 2.41. The summed E-state index contributed by atoms with van der Waals surface area (Å²) in [5.41, 5.74) is 6.07. The summed E-state index contributed by atoms with van der Waals surface area (Å²) in [6.07, 6.45) is 4.48. The fourth-order valence-corrected chi connectivity index (χ4v) is 1.40. The van der Waals surface area contributed by atoms with Crippen LogP contribution in [0.15, 0.2) is 18.7 Å². The number of carbonyl (C=O) groups excluding carboxylic acids is 1. The van der Waals surface area contributed by atoms with Gasteiger partial charge in [-0.05, 0) is 19.4 Å². The lowest BCUT2D eigenvalue weighted by atomic mass is 10.1. The lowest BCUT2D eigenvalue weighted by Gasteiger charge is -2.23. The average Bonchev–Trinajstić information content (AvgIpc) is 2.35. The van der Waals surface area contributed by atoms with E-state index in [1.807, 2.05) is 13.8 Å². The zero-order valence-corrected chi connectivity index (χ0v) is 9.76. The number of rotatable bonds is 5. The summed E-state index contributed by atoms with van der Waals surface area (Å²) >= 11 is 0. The number of hydrogen-bond donors (Lipinski definition) is 1. The van der Waals surface area contributed by atoms with E-state index in [2.05, 4.69) is 9.97 Å². The number of amides is 1. The van der Waals surface area contributed by atoms with Crippen LogP contribution in [0, 0.1) is 5.92 Å². The molecule has 1 rings (SSSR count). The molecule has 5 nitrogen and oxygen atoms in total. The van der Waals surface area contributed by atoms with Gasteiger partial charge in [0.2, 0.25) is 0 Å². The van der Waals surface area contributed by atoms with Gasteiger partial charge in [-0.25, -0.2) is 9.97 Å². The fourth-order valence-electron chi connectivity index (χ4n) is 1.40. The van der Waals surface area contributed by atoms with Gasteiger partial charge >= 0.3 is 0 Å². The van der Waals surface area contributed by atoms with Crippen LogP contribution >= 0.6 is 0 Å². The van der Waals surface area contributed by atoms with Gasteiger partial charge in [-0.2, -0.15) is 0 Å². The normalized spacial score (nSPS) is 12.2. The predicted molar refractivity (Wildman–Crippen MR) is 61.8 cm³/mol. The Bertz CT molecular complexity index is 328. The van der Waals surface area contributed by atoms with Crippen LogP contribution in [0.2, 0.25) is 0 Å². The minimum Gasteiger partial charge on any atom is -0.339 e. The number of carbonyl (C=O) groups is 1. The second-order valence-electron chi connectivity index (χ2n) is 3.81. The fraction of sp³-hybridized carbons (Fsp3) is 0.545. The third-order valence-corrected chi connectivity index (χ3v) is 2.41. The van der Waals surface area contributed by atoms with Crippen LogP contribution in [-0.2, 0) is 0 Å². The van der Waals surface area contributed by atoms with Gasteiger partial charge in [0.25, 0.3) is 5.91 Å². The highest BCUT2D eigenvalue weighted by Gasteiger charge is 2.16. The smallest absolute Gasteiger partial charge is 0.256 e. The lowest BCUT2D eigenvalue weighted by molar-refractivity contribution is 0.0743. The van der Waals surface area contributed by atoms with Crippen LogP contribution in [-0.4, -0.2) is 40.4 Å². The highest BCUT2D eigenvalue weighted by atomic mass is 16.2. The van der Waals surface area contributed by atoms with E-state index >= 15 is 0 Å². The topological polar surface area (TPSA) is 72.1 Å². The number of nitrogens with zero attached hydrogens (tertiary/aromatic N) is 3. The Morgan fingerprint density at radius 2 is 2.12 bits per heavy atom. The Kier molecular flexibility index (Phi) is 4.85. The monoisotopic (exact) mass is 222 g/mol. The number of aromatic nitrogens is 2. The van der Waals surface area contributed by atoms with E-state index in [1.165, 1.54) is 18.7 Å². The molecule has 0 saturated heterocycles. The van der Waals surface area contributed by atoms with E-state index in [9.17, 15) is 4.79 Å². The van der Waals surface area contributed by atoms with Crippen molar-refractivity contribution in [1.82, 2.24) is 14.9 Å². The molecule has 0 saturated carbocycles. The lowest BCUT2D eigenvalue weighted by Crippen LogP contribution is -2.36. The third kappa shape index (κ3) is 3.27. The summed E-state index contributed by atoms with van der Waals surface area (Å²) in [5, 5.41) is 0. The number of nitrogens with two attached hydrogens (primary N) is 1. The van der Waals surface area contributed by atoms with Crippen molar-refractivity contribution >= 4 is 5.91 Å². The Hall–Kier alpha value is -1.49. The summed E-state index contributed by atoms with van der Waals surface area (Å²) < 4.78 is 0. The van der Waals surface area contributed by atoms with Crippen LogP contribution in [0.1, 0.15) is 24.2 Å². The largest absolute Gasteiger partial charge is 0.339 e. The molecule has 0 aliphatic rings. The molecular formula is C11H18N4O. The summed E-state index contributed by atoms with van der Waals surface area (Å²) in [6, 6.07) is 0. The zero-order valence-electron chi connectivity index (χ0n) is 9.76. The van der Waals surface area contributed by atoms with Gasteiger partial charge in [-0.15, -0.1) is 0 Å². The average molecular weight is 222 g/mol. The molecule has 0 aliphatic carbocycles. The van der Waals surface area contributed by atoms with E-state index in [0.717, 1.165) is 0 Å². The molecule has 1 unspecified atom stereocenters. The van der Waals surface area contributed by atoms with Crippen LogP contribution in [0.3, 0.4) is 0 Å². The SMILES string of the molecule is CCN(CC(C)CN)C(=O)c1cncnc1. The van der Waals surface area contributed by atoms with Crippen LogP contribution in [0.25, 0.3) is 0 Å². The molecule has 0 radical (unpaired) electrons. The van der Waals surface area contributed by atoms with Gasteiger partial charge in [-0.1, -0.05) is 6.92 Å². The first-order chi connectivity index (χ1) is 7.69. The van der Waals surface area contributed by atoms with Gasteiger partial charge in [0.05, 0.1) is 5.56 Å². The van der Waals surface area contributed by atoms with E-state index in [0.29, 0.717) is 31.1 Å². The van der Waals surface area contributed by atoms with Crippen molar-refractivity contribution in [2.24, 2.45) is 11.7 Å². The van der Waals surface area contributed by atoms with Crippen molar-refractivity contribution in [3.8, 4) is 0 Å². The first-order valence-corrected chi connectivity index (χ1v) is 5.43. The Morgan fingerprint density at radius 3 is 2.62 bits per heavy atom. The molecule has 1 aromatic rings. The molecule has 0 bridgehead atoms. The Labute approximate surface area is 95.7 Å². The molecule has 1 atom stereocenters. The first-order valence-electron chi connectivity index (χ1n) is 5.43. The summed E-state index contributed by atoms with van der Waals surface area (Å²) in [6.45, 7) is 5.89. The van der Waals surface area contributed by atoms with E-state index < -0.39 is 0 Å². The molecule has 2 N–H and O–H groups in total. The standard InChI is InChI=1S/C11H18N4O/c1-3-15(7-9(2)4-12)11(16)10-5-13-8-14-6-10/h5-6,8-9H,3-4,7,12H2,1-2H3. The van der Waals surface area contributed by atoms with Gasteiger partial charge in [0.1, 0.15) is 6.33 Å². The molecule has 5 heteroatoms. The van der Waals surface area contributed by atoms with Crippen molar-refractivity contribution < 1.29 is 4.79 Å². The van der Waals surface area contributed by atoms with Crippen LogP contribution in [0.5, 0.6) is 0 Å². The minimum absolute atomic E-state index is 0.0385. The molecule has 16 heavy (non-hydrogen) atoms. The molecule has 0 aromatic carbocycles. The maximum absolute atomic E-state index is 12.0. The molecule has 1 amide bonds. The highest BCUT2D eigenvalue weighted by molar-refractivity contribution is 5.93. The van der Waals surface area contributed by atoms with Crippen molar-refractivity contribution in [3.63, 3.8) is 0 Å². The molecule has 88 valence electrons.